The molecule has 3 amide bonds. The maximum atomic E-state index is 13.2. The van der Waals surface area contributed by atoms with Gasteiger partial charge in [0.2, 0.25) is 0 Å². The van der Waals surface area contributed by atoms with Gasteiger partial charge in [0.05, 0.1) is 13.7 Å². The molecular weight excluding hydrogens is 356 g/mol. The number of hydrogen-bond donors (Lipinski definition) is 1. The molecule has 1 N–H and O–H groups in total. The monoisotopic (exact) mass is 382 g/mol. The summed E-state index contributed by atoms with van der Waals surface area (Å²) in [6, 6.07) is 16.3. The van der Waals surface area contributed by atoms with Crippen LogP contribution in [0, 0.1) is 0 Å². The number of nitrogens with zero attached hydrogens (tertiary/aromatic N) is 1. The summed E-state index contributed by atoms with van der Waals surface area (Å²) in [6.45, 7) is 2.49. The van der Waals surface area contributed by atoms with Crippen LogP contribution >= 0.6 is 0 Å². The highest BCUT2D eigenvalue weighted by Crippen LogP contribution is 2.34. The van der Waals surface area contributed by atoms with Gasteiger partial charge in [-0.15, -0.1) is 0 Å². The molecule has 1 aliphatic heterocycles. The molecular formula is C22H26N2O4. The summed E-state index contributed by atoms with van der Waals surface area (Å²) in [5, 5.41) is 2.95. The number of hydrogen-bond acceptors (Lipinski definition) is 4. The Hall–Kier alpha value is -3.02. The van der Waals surface area contributed by atoms with Crippen LogP contribution in [0.1, 0.15) is 31.7 Å². The fraction of sp³-hybridized carbons (Fsp3) is 0.364. The van der Waals surface area contributed by atoms with Crippen LogP contribution in [0.5, 0.6) is 11.5 Å². The van der Waals surface area contributed by atoms with Gasteiger partial charge in [-0.1, -0.05) is 50.1 Å². The molecule has 1 atom stereocenters. The molecule has 3 rings (SSSR count). The molecule has 0 spiro atoms. The highest BCUT2D eigenvalue weighted by atomic mass is 16.5. The predicted molar refractivity (Wildman–Crippen MR) is 106 cm³/mol. The number of rotatable bonds is 9. The summed E-state index contributed by atoms with van der Waals surface area (Å²) in [7, 11) is 1.60. The summed E-state index contributed by atoms with van der Waals surface area (Å²) in [5.74, 6) is 1.19. The fourth-order valence-electron chi connectivity index (χ4n) is 3.43. The summed E-state index contributed by atoms with van der Waals surface area (Å²) in [4.78, 5) is 27.1. The van der Waals surface area contributed by atoms with Crippen molar-refractivity contribution in [3.63, 3.8) is 0 Å². The zero-order chi connectivity index (χ0) is 20.0. The van der Waals surface area contributed by atoms with Crippen molar-refractivity contribution in [2.45, 2.75) is 31.7 Å². The zero-order valence-electron chi connectivity index (χ0n) is 16.3. The lowest BCUT2D eigenvalue weighted by Gasteiger charge is -2.27. The number of carbonyl (C=O) groups excluding carboxylic acids is 2. The van der Waals surface area contributed by atoms with E-state index in [1.165, 1.54) is 4.90 Å². The Balaban J connectivity index is 1.70. The van der Waals surface area contributed by atoms with E-state index >= 15 is 0 Å². The van der Waals surface area contributed by atoms with Gasteiger partial charge in [0.1, 0.15) is 23.6 Å². The highest BCUT2D eigenvalue weighted by molar-refractivity contribution is 6.07. The summed E-state index contributed by atoms with van der Waals surface area (Å²) in [6.07, 6.45) is 2.36. The Bertz CT molecular complexity index is 807. The van der Waals surface area contributed by atoms with E-state index in [-0.39, 0.29) is 25.1 Å². The van der Waals surface area contributed by atoms with Crippen molar-refractivity contribution >= 4 is 11.9 Å². The molecule has 1 unspecified atom stereocenters. The first-order chi connectivity index (χ1) is 13.6. The van der Waals surface area contributed by atoms with E-state index in [2.05, 4.69) is 12.2 Å². The lowest BCUT2D eigenvalue weighted by molar-refractivity contribution is -0.132. The van der Waals surface area contributed by atoms with Crippen molar-refractivity contribution < 1.29 is 19.1 Å². The first-order valence-corrected chi connectivity index (χ1v) is 9.57. The molecule has 1 fully saturated rings. The molecule has 28 heavy (non-hydrogen) atoms. The van der Waals surface area contributed by atoms with E-state index in [1.54, 1.807) is 31.4 Å². The van der Waals surface area contributed by atoms with Crippen LogP contribution in [0.4, 0.5) is 4.79 Å². The Kier molecular flexibility index (Phi) is 6.19. The molecule has 0 saturated carbocycles. The van der Waals surface area contributed by atoms with Gasteiger partial charge in [0, 0.05) is 0 Å². The summed E-state index contributed by atoms with van der Waals surface area (Å²) >= 11 is 0. The van der Waals surface area contributed by atoms with Gasteiger partial charge in [0.25, 0.3) is 5.91 Å². The third kappa shape index (κ3) is 3.96. The molecule has 0 bridgehead atoms. The first-order valence-electron chi connectivity index (χ1n) is 9.57. The van der Waals surface area contributed by atoms with Gasteiger partial charge >= 0.3 is 6.03 Å². The maximum Gasteiger partial charge on any atom is 0.325 e. The average molecular weight is 382 g/mol. The van der Waals surface area contributed by atoms with Gasteiger partial charge in [-0.25, -0.2) is 4.79 Å². The molecule has 2 aromatic carbocycles. The van der Waals surface area contributed by atoms with Crippen LogP contribution in [-0.4, -0.2) is 37.1 Å². The number of carbonyl (C=O) groups is 2. The number of benzene rings is 2. The van der Waals surface area contributed by atoms with Crippen LogP contribution in [0.25, 0.3) is 0 Å². The van der Waals surface area contributed by atoms with Gasteiger partial charge in [-0.3, -0.25) is 9.69 Å². The molecule has 1 heterocycles. The van der Waals surface area contributed by atoms with E-state index in [9.17, 15) is 9.59 Å². The number of imide groups is 1. The number of unbranched alkanes of at least 4 members (excludes halogenated alkanes) is 1. The quantitative estimate of drug-likeness (QED) is 0.672. The molecule has 0 radical (unpaired) electrons. The van der Waals surface area contributed by atoms with Crippen molar-refractivity contribution in [1.29, 1.82) is 0 Å². The Morgan fingerprint density at radius 1 is 1.00 bits per heavy atom. The third-order valence-electron chi connectivity index (χ3n) is 4.99. The Labute approximate surface area is 165 Å². The summed E-state index contributed by atoms with van der Waals surface area (Å²) < 4.78 is 10.8. The van der Waals surface area contributed by atoms with Crippen molar-refractivity contribution in [2.75, 3.05) is 20.3 Å². The van der Waals surface area contributed by atoms with E-state index in [1.807, 2.05) is 30.3 Å². The van der Waals surface area contributed by atoms with Crippen LogP contribution in [0.2, 0.25) is 0 Å². The minimum absolute atomic E-state index is 0.192. The van der Waals surface area contributed by atoms with E-state index in [4.69, 9.17) is 9.47 Å². The maximum absolute atomic E-state index is 13.2. The van der Waals surface area contributed by atoms with Crippen molar-refractivity contribution in [2.24, 2.45) is 0 Å². The topological polar surface area (TPSA) is 67.9 Å². The number of methoxy groups -OCH3 is 1. The van der Waals surface area contributed by atoms with Crippen LogP contribution in [0.15, 0.2) is 54.6 Å². The molecule has 6 nitrogen and oxygen atoms in total. The van der Waals surface area contributed by atoms with Gasteiger partial charge < -0.3 is 14.8 Å². The molecule has 0 aromatic heterocycles. The zero-order valence-corrected chi connectivity index (χ0v) is 16.3. The van der Waals surface area contributed by atoms with Gasteiger partial charge in [-0.2, -0.15) is 0 Å². The van der Waals surface area contributed by atoms with Crippen molar-refractivity contribution in [3.05, 3.63) is 60.2 Å². The second-order valence-corrected chi connectivity index (χ2v) is 6.79. The Morgan fingerprint density at radius 2 is 1.68 bits per heavy atom. The minimum Gasteiger partial charge on any atom is -0.497 e. The van der Waals surface area contributed by atoms with Crippen LogP contribution in [-0.2, 0) is 10.3 Å². The van der Waals surface area contributed by atoms with Gasteiger partial charge in [0.15, 0.2) is 0 Å². The smallest absolute Gasteiger partial charge is 0.325 e. The van der Waals surface area contributed by atoms with Crippen LogP contribution < -0.4 is 14.8 Å². The number of ether oxygens (including phenoxy) is 2. The number of urea groups is 1. The first kappa shape index (κ1) is 19.7. The van der Waals surface area contributed by atoms with E-state index in [0.717, 1.165) is 24.2 Å². The number of nitrogens with one attached hydrogen (secondary N) is 1. The molecule has 1 saturated heterocycles. The largest absolute Gasteiger partial charge is 0.497 e. The fourth-order valence-corrected chi connectivity index (χ4v) is 3.43. The molecule has 6 heteroatoms. The highest BCUT2D eigenvalue weighted by Gasteiger charge is 2.51. The summed E-state index contributed by atoms with van der Waals surface area (Å²) in [5.41, 5.74) is -0.172. The molecule has 1 aliphatic rings. The van der Waals surface area contributed by atoms with Crippen molar-refractivity contribution in [3.8, 4) is 11.5 Å². The second-order valence-electron chi connectivity index (χ2n) is 6.79. The molecule has 0 aliphatic carbocycles. The van der Waals surface area contributed by atoms with Gasteiger partial charge in [-0.05, 0) is 36.2 Å². The lowest BCUT2D eigenvalue weighted by Crippen LogP contribution is -2.44. The van der Waals surface area contributed by atoms with E-state index < -0.39 is 5.54 Å². The average Bonchev–Trinajstić information content (AvgIpc) is 2.98. The van der Waals surface area contributed by atoms with Crippen molar-refractivity contribution in [1.82, 2.24) is 10.2 Å². The number of amides is 3. The second kappa shape index (κ2) is 8.78. The molecule has 148 valence electrons. The third-order valence-corrected chi connectivity index (χ3v) is 4.99. The lowest BCUT2D eigenvalue weighted by atomic mass is 9.85. The predicted octanol–water partition coefficient (Wildman–Crippen LogP) is 3.71. The van der Waals surface area contributed by atoms with Crippen LogP contribution in [0.3, 0.4) is 0 Å². The van der Waals surface area contributed by atoms with E-state index in [0.29, 0.717) is 12.2 Å². The normalized spacial score (nSPS) is 18.9. The SMILES string of the molecule is CCCCC1(c2ccccc2)NC(=O)N(CCOc2ccc(OC)cc2)C1=O. The minimum atomic E-state index is -0.992. The Morgan fingerprint density at radius 3 is 2.32 bits per heavy atom. The molecule has 2 aromatic rings. The standard InChI is InChI=1S/C22H26N2O4/c1-3-4-14-22(17-8-6-5-7-9-17)20(25)24(21(26)23-22)15-16-28-19-12-10-18(27-2)11-13-19/h5-13H,3-4,14-16H2,1-2H3,(H,23,26).